The number of aromatic nitrogens is 1. The summed E-state index contributed by atoms with van der Waals surface area (Å²) in [4.78, 5) is 31.9. The molecule has 204 valence electrons. The van der Waals surface area contributed by atoms with Crippen molar-refractivity contribution in [3.05, 3.63) is 129 Å². The van der Waals surface area contributed by atoms with Crippen LogP contribution in [-0.4, -0.2) is 17.6 Å². The maximum Gasteiger partial charge on any atom is 0.338 e. The first-order valence-electron chi connectivity index (χ1n) is 12.3. The minimum absolute atomic E-state index is 0.233. The molecule has 0 saturated heterocycles. The van der Waals surface area contributed by atoms with E-state index in [1.165, 1.54) is 18.4 Å². The lowest BCUT2D eigenvalue weighted by Gasteiger charge is -2.25. The van der Waals surface area contributed by atoms with Gasteiger partial charge in [0.15, 0.2) is 4.80 Å². The number of thiazole rings is 1. The average molecular weight is 658 g/mol. The lowest BCUT2D eigenvalue weighted by Crippen LogP contribution is -2.40. The van der Waals surface area contributed by atoms with Gasteiger partial charge in [0, 0.05) is 15.6 Å². The molecule has 0 N–H and O–H groups in total. The van der Waals surface area contributed by atoms with E-state index in [-0.39, 0.29) is 12.2 Å². The summed E-state index contributed by atoms with van der Waals surface area (Å²) in [6.07, 6.45) is 2.33. The van der Waals surface area contributed by atoms with Crippen molar-refractivity contribution in [3.8, 4) is 5.75 Å². The van der Waals surface area contributed by atoms with E-state index in [1.54, 1.807) is 16.7 Å². The fourth-order valence-electron chi connectivity index (χ4n) is 4.48. The Balaban J connectivity index is 1.52. The van der Waals surface area contributed by atoms with Crippen molar-refractivity contribution < 1.29 is 14.3 Å². The van der Waals surface area contributed by atoms with E-state index >= 15 is 0 Å². The van der Waals surface area contributed by atoms with Crippen LogP contribution in [0.15, 0.2) is 92.3 Å². The lowest BCUT2D eigenvalue weighted by molar-refractivity contribution is -0.136. The number of rotatable bonds is 7. The highest BCUT2D eigenvalue weighted by atomic mass is 79.9. The van der Waals surface area contributed by atoms with Crippen LogP contribution in [0.1, 0.15) is 36.1 Å². The zero-order chi connectivity index (χ0) is 28.4. The van der Waals surface area contributed by atoms with Crippen LogP contribution in [0.4, 0.5) is 0 Å². The van der Waals surface area contributed by atoms with Crippen molar-refractivity contribution in [3.63, 3.8) is 0 Å². The second-order valence-corrected chi connectivity index (χ2v) is 11.6. The summed E-state index contributed by atoms with van der Waals surface area (Å²) in [6.45, 7) is 2.20. The molecule has 6 nitrogen and oxygen atoms in total. The first kappa shape index (κ1) is 28.4. The van der Waals surface area contributed by atoms with Gasteiger partial charge in [-0.2, -0.15) is 0 Å². The van der Waals surface area contributed by atoms with Gasteiger partial charge in [0.1, 0.15) is 12.4 Å². The fraction of sp³-hybridized carbons (Fsp3) is 0.167. The maximum atomic E-state index is 13.8. The molecule has 0 unspecified atom stereocenters. The Morgan fingerprint density at radius 2 is 1.90 bits per heavy atom. The monoisotopic (exact) mass is 656 g/mol. The van der Waals surface area contributed by atoms with E-state index in [9.17, 15) is 9.59 Å². The summed E-state index contributed by atoms with van der Waals surface area (Å²) in [7, 11) is 1.34. The summed E-state index contributed by atoms with van der Waals surface area (Å²) >= 11 is 17.1. The zero-order valence-corrected chi connectivity index (χ0v) is 25.4. The summed E-state index contributed by atoms with van der Waals surface area (Å²) < 4.78 is 13.9. The molecule has 1 aliphatic heterocycles. The van der Waals surface area contributed by atoms with Gasteiger partial charge in [-0.1, -0.05) is 83.9 Å². The molecule has 0 bridgehead atoms. The standard InChI is InChI=1S/C30H23BrCl2N2O4S/c1-3-23-26(29(37)38-2)27(18-7-5-4-6-8-18)35-28(36)25(40-30(35)34-23)14-17-9-12-24(21(31)13-17)39-16-19-10-11-20(32)15-22(19)33/h4-15,27H,3,16H2,1-2H3/b25-14-/t27-/m0/s1. The normalized spacial score (nSPS) is 15.0. The molecule has 1 atom stereocenters. The number of esters is 1. The first-order valence-corrected chi connectivity index (χ1v) is 14.7. The molecule has 1 aromatic heterocycles. The Morgan fingerprint density at radius 1 is 1.12 bits per heavy atom. The van der Waals surface area contributed by atoms with Gasteiger partial charge in [0.05, 0.1) is 33.4 Å². The highest BCUT2D eigenvalue weighted by molar-refractivity contribution is 9.10. The Kier molecular flexibility index (Phi) is 8.61. The molecule has 0 spiro atoms. The third kappa shape index (κ3) is 5.67. The van der Waals surface area contributed by atoms with Crippen LogP contribution in [0.5, 0.6) is 5.75 Å². The van der Waals surface area contributed by atoms with E-state index in [2.05, 4.69) is 15.9 Å². The Hall–Kier alpha value is -3.17. The van der Waals surface area contributed by atoms with Gasteiger partial charge in [0.25, 0.3) is 5.56 Å². The lowest BCUT2D eigenvalue weighted by atomic mass is 9.95. The fourth-order valence-corrected chi connectivity index (χ4v) is 6.48. The minimum Gasteiger partial charge on any atom is -0.488 e. The molecule has 10 heteroatoms. The number of methoxy groups -OCH3 is 1. The van der Waals surface area contributed by atoms with Crippen LogP contribution in [0.2, 0.25) is 10.0 Å². The van der Waals surface area contributed by atoms with E-state index in [1.807, 2.05) is 67.6 Å². The summed E-state index contributed by atoms with van der Waals surface area (Å²) in [5.41, 5.74) is 3.17. The molecule has 0 radical (unpaired) electrons. The highest BCUT2D eigenvalue weighted by Gasteiger charge is 2.33. The smallest absolute Gasteiger partial charge is 0.338 e. The molecule has 2 heterocycles. The van der Waals surface area contributed by atoms with Gasteiger partial charge in [-0.25, -0.2) is 9.79 Å². The number of fused-ring (bicyclic) bond motifs is 1. The molecule has 0 aliphatic carbocycles. The number of carbonyl (C=O) groups is 1. The van der Waals surface area contributed by atoms with E-state index in [0.29, 0.717) is 42.8 Å². The van der Waals surface area contributed by atoms with Crippen LogP contribution in [0.3, 0.4) is 0 Å². The maximum absolute atomic E-state index is 13.8. The number of benzene rings is 3. The molecule has 5 rings (SSSR count). The predicted molar refractivity (Wildman–Crippen MR) is 162 cm³/mol. The van der Waals surface area contributed by atoms with Gasteiger partial charge in [-0.05, 0) is 63.8 Å². The van der Waals surface area contributed by atoms with Crippen molar-refractivity contribution in [1.82, 2.24) is 4.57 Å². The van der Waals surface area contributed by atoms with Gasteiger partial charge < -0.3 is 9.47 Å². The number of hydrogen-bond donors (Lipinski definition) is 0. The quantitative estimate of drug-likeness (QED) is 0.214. The SMILES string of the molecule is CCC1=C(C(=O)OC)[C@H](c2ccccc2)n2c(s/c(=C\c3ccc(OCc4ccc(Cl)cc4Cl)c(Br)c3)c2=O)=N1. The second-order valence-electron chi connectivity index (χ2n) is 8.91. The van der Waals surface area contributed by atoms with Gasteiger partial charge in [-0.3, -0.25) is 9.36 Å². The molecule has 40 heavy (non-hydrogen) atoms. The highest BCUT2D eigenvalue weighted by Crippen LogP contribution is 2.32. The number of ether oxygens (including phenoxy) is 2. The minimum atomic E-state index is -0.635. The van der Waals surface area contributed by atoms with Crippen molar-refractivity contribution in [1.29, 1.82) is 0 Å². The average Bonchev–Trinajstić information content (AvgIpc) is 3.26. The van der Waals surface area contributed by atoms with E-state index < -0.39 is 12.0 Å². The number of halogens is 3. The van der Waals surface area contributed by atoms with Crippen molar-refractivity contribution in [2.75, 3.05) is 7.11 Å². The Morgan fingerprint density at radius 3 is 2.58 bits per heavy atom. The molecule has 4 aromatic rings. The number of carbonyl (C=O) groups excluding carboxylic acids is 1. The number of hydrogen-bond acceptors (Lipinski definition) is 6. The molecular weight excluding hydrogens is 635 g/mol. The van der Waals surface area contributed by atoms with E-state index in [4.69, 9.17) is 37.7 Å². The van der Waals surface area contributed by atoms with Crippen LogP contribution >= 0.6 is 50.5 Å². The Bertz CT molecular complexity index is 1820. The van der Waals surface area contributed by atoms with Crippen LogP contribution in [0.25, 0.3) is 6.08 Å². The van der Waals surface area contributed by atoms with Gasteiger partial charge in [0.2, 0.25) is 0 Å². The second kappa shape index (κ2) is 12.1. The third-order valence-electron chi connectivity index (χ3n) is 6.42. The Labute approximate surface area is 252 Å². The van der Waals surface area contributed by atoms with Crippen LogP contribution in [-0.2, 0) is 16.1 Å². The van der Waals surface area contributed by atoms with Gasteiger partial charge in [-0.15, -0.1) is 0 Å². The van der Waals surface area contributed by atoms with Crippen LogP contribution in [0, 0.1) is 0 Å². The summed E-state index contributed by atoms with van der Waals surface area (Å²) in [5.74, 6) is 0.132. The molecule has 1 aliphatic rings. The van der Waals surface area contributed by atoms with Crippen molar-refractivity contribution >= 4 is 62.5 Å². The van der Waals surface area contributed by atoms with Gasteiger partial charge >= 0.3 is 5.97 Å². The number of nitrogens with zero attached hydrogens (tertiary/aromatic N) is 2. The number of allylic oxidation sites excluding steroid dienone is 1. The molecule has 3 aromatic carbocycles. The van der Waals surface area contributed by atoms with Crippen LogP contribution < -0.4 is 19.6 Å². The third-order valence-corrected chi connectivity index (χ3v) is 8.61. The zero-order valence-electron chi connectivity index (χ0n) is 21.5. The molecule has 0 saturated carbocycles. The summed E-state index contributed by atoms with van der Waals surface area (Å²) in [5, 5.41) is 1.10. The van der Waals surface area contributed by atoms with Crippen molar-refractivity contribution in [2.24, 2.45) is 4.99 Å². The summed E-state index contributed by atoms with van der Waals surface area (Å²) in [6, 6.07) is 19.7. The topological polar surface area (TPSA) is 69.9 Å². The predicted octanol–water partition coefficient (Wildman–Crippen LogP) is 6.45. The molecular formula is C30H23BrCl2N2O4S. The van der Waals surface area contributed by atoms with Crippen molar-refractivity contribution in [2.45, 2.75) is 26.0 Å². The molecule has 0 amide bonds. The first-order chi connectivity index (χ1) is 19.3. The van der Waals surface area contributed by atoms with E-state index in [0.717, 1.165) is 21.2 Å². The molecule has 0 fully saturated rings. The largest absolute Gasteiger partial charge is 0.488 e.